The van der Waals surface area contributed by atoms with Crippen LogP contribution in [0.5, 0.6) is 0 Å². The van der Waals surface area contributed by atoms with Gasteiger partial charge in [-0.1, -0.05) is 30.3 Å². The second kappa shape index (κ2) is 9.08. The van der Waals surface area contributed by atoms with Crippen LogP contribution in [0.15, 0.2) is 30.3 Å². The van der Waals surface area contributed by atoms with Crippen molar-refractivity contribution in [3.8, 4) is 0 Å². The highest BCUT2D eigenvalue weighted by molar-refractivity contribution is 5.67. The summed E-state index contributed by atoms with van der Waals surface area (Å²) in [6, 6.07) is 9.75. The van der Waals surface area contributed by atoms with Gasteiger partial charge in [0.05, 0.1) is 0 Å². The topological polar surface area (TPSA) is 73.3 Å². The van der Waals surface area contributed by atoms with E-state index in [1.165, 1.54) is 4.90 Å². The summed E-state index contributed by atoms with van der Waals surface area (Å²) in [4.78, 5) is 29.1. The number of hydrogen-bond acceptors (Lipinski definition) is 4. The molecule has 0 aliphatic carbocycles. The van der Waals surface area contributed by atoms with E-state index in [9.17, 15) is 14.7 Å². The highest BCUT2D eigenvalue weighted by atomic mass is 16.6. The fourth-order valence-electron chi connectivity index (χ4n) is 3.96. The summed E-state index contributed by atoms with van der Waals surface area (Å²) in [5, 5.41) is 9.17. The van der Waals surface area contributed by atoms with Gasteiger partial charge < -0.3 is 19.6 Å². The molecule has 1 aromatic carbocycles. The monoisotopic (exact) mass is 375 g/mol. The summed E-state index contributed by atoms with van der Waals surface area (Å²) in [5.41, 5.74) is 0.996. The van der Waals surface area contributed by atoms with Crippen molar-refractivity contribution in [2.45, 2.75) is 32.4 Å². The van der Waals surface area contributed by atoms with Crippen LogP contribution in [0.4, 0.5) is 9.59 Å². The highest BCUT2D eigenvalue weighted by Crippen LogP contribution is 2.21. The molecule has 0 bridgehead atoms. The maximum absolute atomic E-state index is 12.2. The van der Waals surface area contributed by atoms with Crippen molar-refractivity contribution in [2.24, 2.45) is 5.92 Å². The zero-order chi connectivity index (χ0) is 19.2. The Morgan fingerprint density at radius 1 is 1.11 bits per heavy atom. The van der Waals surface area contributed by atoms with Gasteiger partial charge >= 0.3 is 12.2 Å². The lowest BCUT2D eigenvalue weighted by molar-refractivity contribution is 0.0538. The van der Waals surface area contributed by atoms with Crippen molar-refractivity contribution in [3.05, 3.63) is 35.9 Å². The second-order valence-electron chi connectivity index (χ2n) is 7.56. The molecule has 0 unspecified atom stereocenters. The van der Waals surface area contributed by atoms with Gasteiger partial charge in [-0.2, -0.15) is 0 Å². The lowest BCUT2D eigenvalue weighted by Gasteiger charge is -2.41. The molecule has 0 spiro atoms. The number of piperazine rings is 1. The maximum Gasteiger partial charge on any atom is 0.410 e. The van der Waals surface area contributed by atoms with Crippen LogP contribution in [0.25, 0.3) is 0 Å². The van der Waals surface area contributed by atoms with Gasteiger partial charge in [0.25, 0.3) is 0 Å². The number of carboxylic acid groups (broad SMARTS) is 1. The fraction of sp³-hybridized carbons (Fsp3) is 0.600. The molecule has 7 nitrogen and oxygen atoms in total. The molecule has 2 aliphatic rings. The molecular formula is C20H29N3O4. The SMILES string of the molecule is C[C@H]1CN(CC2CCN(C(=O)OCc3ccccc3)CC2)CCN1C(=O)O. The summed E-state index contributed by atoms with van der Waals surface area (Å²) in [6.07, 6.45) is 0.868. The van der Waals surface area contributed by atoms with Crippen LogP contribution < -0.4 is 0 Å². The predicted molar refractivity (Wildman–Crippen MR) is 102 cm³/mol. The van der Waals surface area contributed by atoms with Gasteiger partial charge in [0.1, 0.15) is 6.61 Å². The molecule has 1 atom stereocenters. The van der Waals surface area contributed by atoms with Crippen LogP contribution in [0.3, 0.4) is 0 Å². The van der Waals surface area contributed by atoms with E-state index in [0.29, 0.717) is 19.1 Å². The molecule has 1 N–H and O–H groups in total. The van der Waals surface area contributed by atoms with Crippen LogP contribution in [0, 0.1) is 5.92 Å². The first kappa shape index (κ1) is 19.5. The Labute approximate surface area is 160 Å². The molecule has 2 amide bonds. The molecule has 2 fully saturated rings. The Hall–Kier alpha value is -2.28. The van der Waals surface area contributed by atoms with Crippen molar-refractivity contribution >= 4 is 12.2 Å². The molecule has 0 saturated carbocycles. The third kappa shape index (κ3) is 5.35. The third-order valence-electron chi connectivity index (χ3n) is 5.55. The first-order chi connectivity index (χ1) is 13.0. The normalized spacial score (nSPS) is 21.9. The number of nitrogens with zero attached hydrogens (tertiary/aromatic N) is 3. The van der Waals surface area contributed by atoms with E-state index in [1.54, 1.807) is 4.90 Å². The van der Waals surface area contributed by atoms with Gasteiger partial charge in [0, 0.05) is 45.3 Å². The van der Waals surface area contributed by atoms with Gasteiger partial charge in [-0.05, 0) is 31.2 Å². The molecule has 0 radical (unpaired) electrons. The average molecular weight is 375 g/mol. The summed E-state index contributed by atoms with van der Waals surface area (Å²) in [7, 11) is 0. The third-order valence-corrected chi connectivity index (χ3v) is 5.55. The molecule has 148 valence electrons. The number of carbonyl (C=O) groups excluding carboxylic acids is 1. The van der Waals surface area contributed by atoms with Crippen LogP contribution >= 0.6 is 0 Å². The first-order valence-corrected chi connectivity index (χ1v) is 9.70. The molecule has 2 saturated heterocycles. The molecule has 27 heavy (non-hydrogen) atoms. The molecule has 3 rings (SSSR count). The van der Waals surface area contributed by atoms with E-state index in [1.807, 2.05) is 37.3 Å². The average Bonchev–Trinajstić information content (AvgIpc) is 2.67. The van der Waals surface area contributed by atoms with Crippen molar-refractivity contribution in [2.75, 3.05) is 39.3 Å². The Kier molecular flexibility index (Phi) is 6.55. The largest absolute Gasteiger partial charge is 0.465 e. The quantitative estimate of drug-likeness (QED) is 0.876. The van der Waals surface area contributed by atoms with Crippen molar-refractivity contribution in [1.82, 2.24) is 14.7 Å². The second-order valence-corrected chi connectivity index (χ2v) is 7.56. The lowest BCUT2D eigenvalue weighted by Crippen LogP contribution is -2.54. The minimum absolute atomic E-state index is 0.0318. The maximum atomic E-state index is 12.2. The number of likely N-dealkylation sites (tertiary alicyclic amines) is 1. The minimum Gasteiger partial charge on any atom is -0.465 e. The fourth-order valence-corrected chi connectivity index (χ4v) is 3.96. The molecule has 2 heterocycles. The highest BCUT2D eigenvalue weighted by Gasteiger charge is 2.30. The van der Waals surface area contributed by atoms with Crippen LogP contribution in [0.2, 0.25) is 0 Å². The van der Waals surface area contributed by atoms with Crippen LogP contribution in [0.1, 0.15) is 25.3 Å². The summed E-state index contributed by atoms with van der Waals surface area (Å²) in [6.45, 7) is 6.84. The van der Waals surface area contributed by atoms with E-state index in [2.05, 4.69) is 4.90 Å². The summed E-state index contributed by atoms with van der Waals surface area (Å²) >= 11 is 0. The number of rotatable bonds is 4. The van der Waals surface area contributed by atoms with E-state index in [0.717, 1.165) is 51.1 Å². The zero-order valence-corrected chi connectivity index (χ0v) is 15.9. The number of amides is 2. The predicted octanol–water partition coefficient (Wildman–Crippen LogP) is 2.72. The standard InChI is InChI=1S/C20H29N3O4/c1-16-13-21(11-12-23(16)19(24)25)14-17-7-9-22(10-8-17)20(26)27-15-18-5-3-2-4-6-18/h2-6,16-17H,7-15H2,1H3,(H,24,25)/t16-/m0/s1. The Balaban J connectivity index is 1.37. The van der Waals surface area contributed by atoms with E-state index in [-0.39, 0.29) is 12.1 Å². The van der Waals surface area contributed by atoms with Gasteiger partial charge in [0.15, 0.2) is 0 Å². The van der Waals surface area contributed by atoms with E-state index in [4.69, 9.17) is 4.74 Å². The van der Waals surface area contributed by atoms with Crippen LogP contribution in [-0.4, -0.2) is 77.3 Å². The Morgan fingerprint density at radius 3 is 2.44 bits per heavy atom. The Bertz CT molecular complexity index is 631. The number of hydrogen-bond donors (Lipinski definition) is 1. The molecule has 0 aromatic heterocycles. The Morgan fingerprint density at radius 2 is 1.81 bits per heavy atom. The molecule has 7 heteroatoms. The number of benzene rings is 1. The van der Waals surface area contributed by atoms with E-state index < -0.39 is 6.09 Å². The van der Waals surface area contributed by atoms with Gasteiger partial charge in [0.2, 0.25) is 0 Å². The summed E-state index contributed by atoms with van der Waals surface area (Å²) < 4.78 is 5.42. The zero-order valence-electron chi connectivity index (χ0n) is 15.9. The number of ether oxygens (including phenoxy) is 1. The lowest BCUT2D eigenvalue weighted by atomic mass is 9.96. The number of piperidine rings is 1. The molecular weight excluding hydrogens is 346 g/mol. The minimum atomic E-state index is -0.829. The van der Waals surface area contributed by atoms with Crippen molar-refractivity contribution in [3.63, 3.8) is 0 Å². The molecule has 2 aliphatic heterocycles. The number of carbonyl (C=O) groups is 2. The van der Waals surface area contributed by atoms with Crippen molar-refractivity contribution in [1.29, 1.82) is 0 Å². The summed E-state index contributed by atoms with van der Waals surface area (Å²) in [5.74, 6) is 0.548. The van der Waals surface area contributed by atoms with Gasteiger partial charge in [-0.15, -0.1) is 0 Å². The van der Waals surface area contributed by atoms with Crippen molar-refractivity contribution < 1.29 is 19.4 Å². The van der Waals surface area contributed by atoms with Gasteiger partial charge in [-0.25, -0.2) is 9.59 Å². The van der Waals surface area contributed by atoms with Crippen LogP contribution in [-0.2, 0) is 11.3 Å². The van der Waals surface area contributed by atoms with Gasteiger partial charge in [-0.3, -0.25) is 4.90 Å². The smallest absolute Gasteiger partial charge is 0.410 e. The molecule has 1 aromatic rings. The first-order valence-electron chi connectivity index (χ1n) is 9.70. The van der Waals surface area contributed by atoms with E-state index >= 15 is 0 Å².